The normalized spacial score (nSPS) is 14.8. The number of nitrogens with zero attached hydrogens (tertiary/aromatic N) is 2. The third kappa shape index (κ3) is 2.25. The van der Waals surface area contributed by atoms with Crippen molar-refractivity contribution < 1.29 is 9.32 Å². The number of hydrogen-bond acceptors (Lipinski definition) is 4. The molecule has 86 valence electrons. The Labute approximate surface area is 98.7 Å². The van der Waals surface area contributed by atoms with Gasteiger partial charge in [-0.15, -0.1) is 0 Å². The lowest BCUT2D eigenvalue weighted by Gasteiger charge is -1.95. The number of Topliss-reactive ketones (excluding diaryl/α,β-unsaturated/α-hetero) is 1. The lowest BCUT2D eigenvalue weighted by atomic mass is 10.1. The Morgan fingerprint density at radius 2 is 2.06 bits per heavy atom. The second kappa shape index (κ2) is 4.13. The SMILES string of the molecule is O=C(Cc1nc(C2CC2)no1)c1ccccc1. The molecule has 0 bridgehead atoms. The van der Waals surface area contributed by atoms with Crippen LogP contribution in [-0.4, -0.2) is 15.9 Å². The van der Waals surface area contributed by atoms with Gasteiger partial charge in [0.1, 0.15) is 0 Å². The third-order valence-corrected chi connectivity index (χ3v) is 2.83. The molecular formula is C13H12N2O2. The summed E-state index contributed by atoms with van der Waals surface area (Å²) in [6.45, 7) is 0. The van der Waals surface area contributed by atoms with Gasteiger partial charge in [-0.05, 0) is 12.8 Å². The van der Waals surface area contributed by atoms with Gasteiger partial charge in [0.2, 0.25) is 5.89 Å². The molecule has 0 atom stereocenters. The molecule has 4 nitrogen and oxygen atoms in total. The molecule has 0 unspecified atom stereocenters. The molecule has 1 aromatic carbocycles. The number of carbonyl (C=O) groups is 1. The molecule has 17 heavy (non-hydrogen) atoms. The van der Waals surface area contributed by atoms with E-state index in [1.54, 1.807) is 12.1 Å². The average Bonchev–Trinajstić information content (AvgIpc) is 3.12. The first-order valence-corrected chi connectivity index (χ1v) is 5.73. The second-order valence-corrected chi connectivity index (χ2v) is 4.29. The zero-order chi connectivity index (χ0) is 11.7. The van der Waals surface area contributed by atoms with Crippen molar-refractivity contribution in [2.45, 2.75) is 25.2 Å². The predicted octanol–water partition coefficient (Wildman–Crippen LogP) is 2.37. The van der Waals surface area contributed by atoms with Gasteiger partial charge in [0.25, 0.3) is 0 Å². The molecule has 3 rings (SSSR count). The van der Waals surface area contributed by atoms with Crippen LogP contribution >= 0.6 is 0 Å². The van der Waals surface area contributed by atoms with Crippen molar-refractivity contribution >= 4 is 5.78 Å². The summed E-state index contributed by atoms with van der Waals surface area (Å²) >= 11 is 0. The van der Waals surface area contributed by atoms with E-state index in [4.69, 9.17) is 4.52 Å². The number of benzene rings is 1. The van der Waals surface area contributed by atoms with Crippen LogP contribution < -0.4 is 0 Å². The van der Waals surface area contributed by atoms with Crippen LogP contribution in [0.4, 0.5) is 0 Å². The minimum absolute atomic E-state index is 0.0107. The van der Waals surface area contributed by atoms with Crippen molar-refractivity contribution in [1.82, 2.24) is 10.1 Å². The summed E-state index contributed by atoms with van der Waals surface area (Å²) in [5.74, 6) is 1.64. The predicted molar refractivity (Wildman–Crippen MR) is 60.7 cm³/mol. The zero-order valence-corrected chi connectivity index (χ0v) is 9.30. The molecule has 4 heteroatoms. The van der Waals surface area contributed by atoms with Gasteiger partial charge in [-0.2, -0.15) is 4.98 Å². The van der Waals surface area contributed by atoms with Gasteiger partial charge in [-0.25, -0.2) is 0 Å². The monoisotopic (exact) mass is 228 g/mol. The number of rotatable bonds is 4. The summed E-state index contributed by atoms with van der Waals surface area (Å²) in [5.41, 5.74) is 0.679. The molecule has 1 saturated carbocycles. The highest BCUT2D eigenvalue weighted by Gasteiger charge is 2.29. The molecule has 0 saturated heterocycles. The fourth-order valence-corrected chi connectivity index (χ4v) is 1.71. The third-order valence-electron chi connectivity index (χ3n) is 2.83. The molecule has 0 radical (unpaired) electrons. The van der Waals surface area contributed by atoms with E-state index in [1.807, 2.05) is 18.2 Å². The standard InChI is InChI=1S/C13H12N2O2/c16-11(9-4-2-1-3-5-9)8-12-14-13(15-17-12)10-6-7-10/h1-5,10H,6-8H2. The van der Waals surface area contributed by atoms with Crippen LogP contribution in [0.1, 0.15) is 40.8 Å². The van der Waals surface area contributed by atoms with Gasteiger partial charge in [0, 0.05) is 11.5 Å². The minimum atomic E-state index is 0.0107. The fourth-order valence-electron chi connectivity index (χ4n) is 1.71. The van der Waals surface area contributed by atoms with Crippen LogP contribution in [0.2, 0.25) is 0 Å². The largest absolute Gasteiger partial charge is 0.339 e. The summed E-state index contributed by atoms with van der Waals surface area (Å²) in [7, 11) is 0. The number of ketones is 1. The Bertz CT molecular complexity index is 529. The Balaban J connectivity index is 1.71. The van der Waals surface area contributed by atoms with Gasteiger partial charge >= 0.3 is 0 Å². The summed E-state index contributed by atoms with van der Waals surface area (Å²) in [5, 5.41) is 3.89. The fraction of sp³-hybridized carbons (Fsp3) is 0.308. The highest BCUT2D eigenvalue weighted by atomic mass is 16.5. The minimum Gasteiger partial charge on any atom is -0.339 e. The Morgan fingerprint density at radius 1 is 1.29 bits per heavy atom. The second-order valence-electron chi connectivity index (χ2n) is 4.29. The lowest BCUT2D eigenvalue weighted by molar-refractivity contribution is 0.0983. The molecule has 0 spiro atoms. The van der Waals surface area contributed by atoms with Crippen molar-refractivity contribution in [2.75, 3.05) is 0 Å². The number of aromatic nitrogens is 2. The lowest BCUT2D eigenvalue weighted by Crippen LogP contribution is -2.03. The first-order valence-electron chi connectivity index (χ1n) is 5.73. The van der Waals surface area contributed by atoms with Gasteiger partial charge < -0.3 is 4.52 Å². The topological polar surface area (TPSA) is 56.0 Å². The van der Waals surface area contributed by atoms with E-state index < -0.39 is 0 Å². The smallest absolute Gasteiger partial charge is 0.234 e. The quantitative estimate of drug-likeness (QED) is 0.754. The summed E-state index contributed by atoms with van der Waals surface area (Å²) < 4.78 is 5.08. The molecule has 1 aromatic heterocycles. The number of hydrogen-bond donors (Lipinski definition) is 0. The molecule has 0 amide bonds. The molecule has 0 aliphatic heterocycles. The van der Waals surface area contributed by atoms with Crippen molar-refractivity contribution in [3.63, 3.8) is 0 Å². The van der Waals surface area contributed by atoms with Crippen LogP contribution in [0.25, 0.3) is 0 Å². The molecule has 0 N–H and O–H groups in total. The maximum Gasteiger partial charge on any atom is 0.234 e. The first-order chi connectivity index (χ1) is 8.33. The highest BCUT2D eigenvalue weighted by Crippen LogP contribution is 2.38. The summed E-state index contributed by atoms with van der Waals surface area (Å²) in [4.78, 5) is 16.1. The Morgan fingerprint density at radius 3 is 2.76 bits per heavy atom. The van der Waals surface area contributed by atoms with E-state index in [-0.39, 0.29) is 12.2 Å². The average molecular weight is 228 g/mol. The molecule has 2 aromatic rings. The van der Waals surface area contributed by atoms with E-state index in [1.165, 1.54) is 0 Å². The van der Waals surface area contributed by atoms with Crippen molar-refractivity contribution in [3.8, 4) is 0 Å². The van der Waals surface area contributed by atoms with Crippen LogP contribution in [0.3, 0.4) is 0 Å². The zero-order valence-electron chi connectivity index (χ0n) is 9.30. The van der Waals surface area contributed by atoms with E-state index in [2.05, 4.69) is 10.1 Å². The van der Waals surface area contributed by atoms with Crippen molar-refractivity contribution in [1.29, 1.82) is 0 Å². The van der Waals surface area contributed by atoms with Crippen LogP contribution in [0.5, 0.6) is 0 Å². The van der Waals surface area contributed by atoms with Gasteiger partial charge in [0.05, 0.1) is 6.42 Å². The molecule has 1 aliphatic rings. The number of carbonyl (C=O) groups excluding carboxylic acids is 1. The van der Waals surface area contributed by atoms with E-state index in [0.29, 0.717) is 17.4 Å². The van der Waals surface area contributed by atoms with Crippen LogP contribution in [-0.2, 0) is 6.42 Å². The Kier molecular flexibility index (Phi) is 2.48. The van der Waals surface area contributed by atoms with Crippen LogP contribution in [0.15, 0.2) is 34.9 Å². The van der Waals surface area contributed by atoms with Gasteiger partial charge in [-0.3, -0.25) is 4.79 Å². The van der Waals surface area contributed by atoms with E-state index >= 15 is 0 Å². The highest BCUT2D eigenvalue weighted by molar-refractivity contribution is 5.96. The van der Waals surface area contributed by atoms with Gasteiger partial charge in [0.15, 0.2) is 11.6 Å². The molecule has 1 heterocycles. The van der Waals surface area contributed by atoms with E-state index in [9.17, 15) is 4.79 Å². The molecule has 1 fully saturated rings. The maximum atomic E-state index is 11.9. The summed E-state index contributed by atoms with van der Waals surface area (Å²) in [6.07, 6.45) is 2.45. The molecular weight excluding hydrogens is 216 g/mol. The first kappa shape index (κ1) is 10.2. The van der Waals surface area contributed by atoms with Gasteiger partial charge in [-0.1, -0.05) is 35.5 Å². The molecule has 1 aliphatic carbocycles. The summed E-state index contributed by atoms with van der Waals surface area (Å²) in [6, 6.07) is 9.16. The van der Waals surface area contributed by atoms with Crippen molar-refractivity contribution in [2.24, 2.45) is 0 Å². The maximum absolute atomic E-state index is 11.9. The van der Waals surface area contributed by atoms with Crippen LogP contribution in [0, 0.1) is 0 Å². The Hall–Kier alpha value is -1.97. The van der Waals surface area contributed by atoms with E-state index in [0.717, 1.165) is 18.7 Å². The van der Waals surface area contributed by atoms with Crippen molar-refractivity contribution in [3.05, 3.63) is 47.6 Å².